The fraction of sp³-hybridized carbons (Fsp3) is 0.417. The molecule has 0 radical (unpaired) electrons. The molecule has 1 fully saturated rings. The summed E-state index contributed by atoms with van der Waals surface area (Å²) in [5.74, 6) is -0.0493. The van der Waals surface area contributed by atoms with E-state index in [0.29, 0.717) is 6.54 Å². The Kier molecular flexibility index (Phi) is 4.04. The molecule has 1 aliphatic rings. The summed E-state index contributed by atoms with van der Waals surface area (Å²) in [6, 6.07) is 9.00. The molecular formula is C12H16N2O2S. The number of hydrogen-bond donors (Lipinski definition) is 1. The standard InChI is InChI=1S/C12H16N2O2S/c1-13-12(15)11-8-5-9-14(11)17(16)10-6-3-2-4-7-10/h2-4,6-7,11H,5,8-9H2,1H3,(H,13,15). The van der Waals surface area contributed by atoms with Crippen LogP contribution in [0.5, 0.6) is 0 Å². The second kappa shape index (κ2) is 5.53. The topological polar surface area (TPSA) is 55.4 Å². The molecule has 0 aliphatic carbocycles. The van der Waals surface area contributed by atoms with Gasteiger partial charge in [-0.25, -0.2) is 0 Å². The van der Waals surface area contributed by atoms with Gasteiger partial charge in [0, 0.05) is 13.6 Å². The van der Waals surface area contributed by atoms with Crippen LogP contribution in [-0.2, 0) is 16.2 Å². The number of rotatable bonds is 3. The second-order valence-corrected chi connectivity index (χ2v) is 5.41. The monoisotopic (exact) mass is 252 g/mol. The molecule has 0 saturated carbocycles. The van der Waals surface area contributed by atoms with Gasteiger partial charge < -0.3 is 9.87 Å². The van der Waals surface area contributed by atoms with Crippen molar-refractivity contribution in [1.82, 2.24) is 9.62 Å². The Labute approximate surface area is 104 Å². The minimum absolute atomic E-state index is 0.0493. The molecule has 2 rings (SSSR count). The Morgan fingerprint density at radius 2 is 2.18 bits per heavy atom. The van der Waals surface area contributed by atoms with Crippen LogP contribution < -0.4 is 5.32 Å². The first kappa shape index (κ1) is 12.4. The Hall–Kier alpha value is -1.04. The van der Waals surface area contributed by atoms with Gasteiger partial charge in [0.2, 0.25) is 5.91 Å². The quantitative estimate of drug-likeness (QED) is 0.814. The van der Waals surface area contributed by atoms with Crippen molar-refractivity contribution in [2.45, 2.75) is 23.8 Å². The molecule has 1 saturated heterocycles. The fourth-order valence-corrected chi connectivity index (χ4v) is 3.43. The average molecular weight is 252 g/mol. The molecule has 1 heterocycles. The summed E-state index contributed by atoms with van der Waals surface area (Å²) < 4.78 is 14.1. The SMILES string of the molecule is CNC(=O)C1CCCN1[S+]([O-])c1ccccc1. The normalized spacial score (nSPS) is 22.4. The highest BCUT2D eigenvalue weighted by atomic mass is 32.2. The largest absolute Gasteiger partial charge is 0.593 e. The van der Waals surface area contributed by atoms with E-state index in [4.69, 9.17) is 0 Å². The van der Waals surface area contributed by atoms with Crippen molar-refractivity contribution >= 4 is 17.3 Å². The number of nitrogens with one attached hydrogen (secondary N) is 1. The van der Waals surface area contributed by atoms with Crippen molar-refractivity contribution in [3.8, 4) is 0 Å². The van der Waals surface area contributed by atoms with E-state index in [-0.39, 0.29) is 11.9 Å². The summed E-state index contributed by atoms with van der Waals surface area (Å²) in [5, 5.41) is 2.63. The molecule has 2 unspecified atom stereocenters. The van der Waals surface area contributed by atoms with Crippen molar-refractivity contribution in [2.75, 3.05) is 13.6 Å². The maximum absolute atomic E-state index is 12.3. The minimum Gasteiger partial charge on any atom is -0.593 e. The summed E-state index contributed by atoms with van der Waals surface area (Å²) in [4.78, 5) is 12.4. The molecule has 0 bridgehead atoms. The highest BCUT2D eigenvalue weighted by molar-refractivity contribution is 7.89. The minimum atomic E-state index is -1.24. The van der Waals surface area contributed by atoms with Crippen molar-refractivity contribution < 1.29 is 9.35 Å². The number of hydrogen-bond acceptors (Lipinski definition) is 3. The summed E-state index contributed by atoms with van der Waals surface area (Å²) in [5.41, 5.74) is 0. The lowest BCUT2D eigenvalue weighted by molar-refractivity contribution is -0.123. The molecule has 1 aromatic rings. The summed E-state index contributed by atoms with van der Waals surface area (Å²) in [6.45, 7) is 0.708. The predicted molar refractivity (Wildman–Crippen MR) is 66.6 cm³/mol. The molecule has 4 nitrogen and oxygen atoms in total. The first-order valence-corrected chi connectivity index (χ1v) is 6.80. The van der Waals surface area contributed by atoms with Gasteiger partial charge in [0.25, 0.3) is 0 Å². The lowest BCUT2D eigenvalue weighted by Crippen LogP contribution is -2.44. The van der Waals surface area contributed by atoms with E-state index < -0.39 is 11.4 Å². The summed E-state index contributed by atoms with van der Waals surface area (Å²) in [6.07, 6.45) is 1.69. The molecule has 0 aromatic heterocycles. The predicted octanol–water partition coefficient (Wildman–Crippen LogP) is 0.920. The first-order valence-electron chi connectivity index (χ1n) is 5.69. The Morgan fingerprint density at radius 3 is 2.82 bits per heavy atom. The van der Waals surface area contributed by atoms with E-state index in [9.17, 15) is 9.35 Å². The van der Waals surface area contributed by atoms with Crippen LogP contribution in [0.3, 0.4) is 0 Å². The van der Waals surface area contributed by atoms with E-state index >= 15 is 0 Å². The molecule has 1 aliphatic heterocycles. The molecular weight excluding hydrogens is 236 g/mol. The zero-order valence-corrected chi connectivity index (χ0v) is 10.6. The first-order chi connectivity index (χ1) is 8.24. The third-order valence-corrected chi connectivity index (χ3v) is 4.45. The van der Waals surface area contributed by atoms with E-state index in [1.165, 1.54) is 0 Å². The van der Waals surface area contributed by atoms with Crippen molar-refractivity contribution in [1.29, 1.82) is 0 Å². The zero-order chi connectivity index (χ0) is 12.3. The zero-order valence-electron chi connectivity index (χ0n) is 9.76. The highest BCUT2D eigenvalue weighted by Crippen LogP contribution is 2.25. The number of amides is 1. The van der Waals surface area contributed by atoms with E-state index in [1.54, 1.807) is 11.4 Å². The van der Waals surface area contributed by atoms with Gasteiger partial charge in [0.05, 0.1) is 11.4 Å². The molecule has 1 N–H and O–H groups in total. The molecule has 2 atom stereocenters. The maximum atomic E-state index is 12.3. The van der Waals surface area contributed by atoms with Crippen LogP contribution in [0.1, 0.15) is 12.8 Å². The highest BCUT2D eigenvalue weighted by Gasteiger charge is 2.38. The summed E-state index contributed by atoms with van der Waals surface area (Å²) in [7, 11) is 1.62. The van der Waals surface area contributed by atoms with Crippen molar-refractivity contribution in [2.24, 2.45) is 0 Å². The second-order valence-electron chi connectivity index (χ2n) is 3.98. The van der Waals surface area contributed by atoms with Crippen LogP contribution in [0, 0.1) is 0 Å². The molecule has 0 spiro atoms. The molecule has 1 amide bonds. The van der Waals surface area contributed by atoms with E-state index in [0.717, 1.165) is 17.7 Å². The maximum Gasteiger partial charge on any atom is 0.241 e. The van der Waals surface area contributed by atoms with E-state index in [1.807, 2.05) is 30.3 Å². The molecule has 5 heteroatoms. The van der Waals surface area contributed by atoms with Crippen LogP contribution >= 0.6 is 0 Å². The van der Waals surface area contributed by atoms with E-state index in [2.05, 4.69) is 5.32 Å². The van der Waals surface area contributed by atoms with Gasteiger partial charge in [-0.1, -0.05) is 18.2 Å². The summed E-state index contributed by atoms with van der Waals surface area (Å²) >= 11 is -1.24. The Balaban J connectivity index is 2.13. The van der Waals surface area contributed by atoms with Crippen molar-refractivity contribution in [3.05, 3.63) is 30.3 Å². The van der Waals surface area contributed by atoms with Gasteiger partial charge >= 0.3 is 0 Å². The van der Waals surface area contributed by atoms with Crippen molar-refractivity contribution in [3.63, 3.8) is 0 Å². The van der Waals surface area contributed by atoms with Crippen LogP contribution in [-0.4, -0.2) is 34.4 Å². The molecule has 1 aromatic carbocycles. The van der Waals surface area contributed by atoms with Gasteiger partial charge in [0.1, 0.15) is 6.04 Å². The van der Waals surface area contributed by atoms with Gasteiger partial charge in [0.15, 0.2) is 4.90 Å². The van der Waals surface area contributed by atoms with Gasteiger partial charge in [-0.05, 0) is 25.0 Å². The van der Waals surface area contributed by atoms with Crippen LogP contribution in [0.4, 0.5) is 0 Å². The van der Waals surface area contributed by atoms with Gasteiger partial charge in [-0.2, -0.15) is 0 Å². The number of carbonyl (C=O) groups excluding carboxylic acids is 1. The third-order valence-electron chi connectivity index (χ3n) is 2.91. The number of benzene rings is 1. The number of carbonyl (C=O) groups is 1. The van der Waals surface area contributed by atoms with Crippen LogP contribution in [0.25, 0.3) is 0 Å². The average Bonchev–Trinajstić information content (AvgIpc) is 2.87. The van der Waals surface area contributed by atoms with Crippen LogP contribution in [0.15, 0.2) is 35.2 Å². The van der Waals surface area contributed by atoms with Gasteiger partial charge in [-0.15, -0.1) is 4.31 Å². The Morgan fingerprint density at radius 1 is 1.47 bits per heavy atom. The molecule has 92 valence electrons. The third kappa shape index (κ3) is 2.62. The van der Waals surface area contributed by atoms with Gasteiger partial charge in [-0.3, -0.25) is 4.79 Å². The number of nitrogens with zero attached hydrogens (tertiary/aromatic N) is 1. The fourth-order valence-electron chi connectivity index (χ4n) is 2.04. The lowest BCUT2D eigenvalue weighted by atomic mass is 10.2. The van der Waals surface area contributed by atoms with Crippen LogP contribution in [0.2, 0.25) is 0 Å². The smallest absolute Gasteiger partial charge is 0.241 e. The Bertz CT molecular complexity index is 385. The lowest BCUT2D eigenvalue weighted by Gasteiger charge is -2.24. The number of likely N-dealkylation sites (N-methyl/N-ethyl adjacent to an activating group) is 1. The molecule has 17 heavy (non-hydrogen) atoms.